The first kappa shape index (κ1) is 25.1. The van der Waals surface area contributed by atoms with Crippen LogP contribution in [0, 0.1) is 11.3 Å². The van der Waals surface area contributed by atoms with Crippen LogP contribution in [0.15, 0.2) is 42.0 Å². The molecule has 0 unspecified atom stereocenters. The Bertz CT molecular complexity index is 1050. The third-order valence-corrected chi connectivity index (χ3v) is 4.55. The number of hydrogen-bond acceptors (Lipinski definition) is 7. The van der Waals surface area contributed by atoms with Gasteiger partial charge in [-0.05, 0) is 55.3 Å². The van der Waals surface area contributed by atoms with Crippen LogP contribution in [0.25, 0.3) is 6.08 Å². The highest BCUT2D eigenvalue weighted by Gasteiger charge is 2.13. The SMILES string of the molecule is CCOC(=O)/C(C#N)=C/c1ccc(OC(=O)CCCOc2ccc(Cl)cc2Cl)c(OC)c1. The number of halogens is 2. The molecule has 0 heterocycles. The summed E-state index contributed by atoms with van der Waals surface area (Å²) in [6.45, 7) is 2.08. The van der Waals surface area contributed by atoms with E-state index >= 15 is 0 Å². The summed E-state index contributed by atoms with van der Waals surface area (Å²) in [5, 5.41) is 10.0. The maximum absolute atomic E-state index is 12.2. The second kappa shape index (κ2) is 12.6. The lowest BCUT2D eigenvalue weighted by molar-refractivity contribution is -0.138. The highest BCUT2D eigenvalue weighted by atomic mass is 35.5. The van der Waals surface area contributed by atoms with E-state index in [1.165, 1.54) is 19.3 Å². The average Bonchev–Trinajstić information content (AvgIpc) is 2.77. The molecule has 0 spiro atoms. The number of carbonyl (C=O) groups is 2. The van der Waals surface area contributed by atoms with E-state index in [-0.39, 0.29) is 36.7 Å². The van der Waals surface area contributed by atoms with Crippen molar-refractivity contribution < 1.29 is 28.5 Å². The molecule has 2 aromatic carbocycles. The normalized spacial score (nSPS) is 10.8. The molecule has 0 N–H and O–H groups in total. The topological polar surface area (TPSA) is 94.9 Å². The highest BCUT2D eigenvalue weighted by Crippen LogP contribution is 2.30. The molecule has 2 rings (SSSR count). The molecule has 0 aliphatic carbocycles. The zero-order chi connectivity index (χ0) is 23.5. The van der Waals surface area contributed by atoms with Gasteiger partial charge in [0.2, 0.25) is 0 Å². The van der Waals surface area contributed by atoms with Crippen LogP contribution in [-0.4, -0.2) is 32.3 Å². The smallest absolute Gasteiger partial charge is 0.348 e. The number of carbonyl (C=O) groups excluding carboxylic acids is 2. The number of methoxy groups -OCH3 is 1. The summed E-state index contributed by atoms with van der Waals surface area (Å²) in [5.74, 6) is -0.217. The van der Waals surface area contributed by atoms with Gasteiger partial charge in [-0.25, -0.2) is 4.79 Å². The molecule has 0 saturated heterocycles. The van der Waals surface area contributed by atoms with E-state index in [4.69, 9.17) is 47.4 Å². The minimum atomic E-state index is -0.716. The van der Waals surface area contributed by atoms with Crippen molar-refractivity contribution in [1.82, 2.24) is 0 Å². The van der Waals surface area contributed by atoms with Crippen molar-refractivity contribution in [2.45, 2.75) is 19.8 Å². The predicted molar refractivity (Wildman–Crippen MR) is 120 cm³/mol. The predicted octanol–water partition coefficient (Wildman–Crippen LogP) is 5.24. The fourth-order valence-electron chi connectivity index (χ4n) is 2.54. The van der Waals surface area contributed by atoms with Crippen LogP contribution < -0.4 is 14.2 Å². The van der Waals surface area contributed by atoms with Crippen molar-refractivity contribution in [3.8, 4) is 23.3 Å². The molecular formula is C23H21Cl2NO6. The first-order chi connectivity index (χ1) is 15.4. The van der Waals surface area contributed by atoms with Gasteiger partial charge in [-0.2, -0.15) is 5.26 Å². The molecule has 168 valence electrons. The van der Waals surface area contributed by atoms with Crippen molar-refractivity contribution in [2.75, 3.05) is 20.3 Å². The van der Waals surface area contributed by atoms with E-state index in [0.29, 0.717) is 27.8 Å². The molecule has 32 heavy (non-hydrogen) atoms. The van der Waals surface area contributed by atoms with Crippen LogP contribution in [0.1, 0.15) is 25.3 Å². The Balaban J connectivity index is 1.94. The second-order valence-electron chi connectivity index (χ2n) is 6.30. The summed E-state index contributed by atoms with van der Waals surface area (Å²) >= 11 is 11.9. The fourth-order valence-corrected chi connectivity index (χ4v) is 3.00. The van der Waals surface area contributed by atoms with Gasteiger partial charge in [-0.15, -0.1) is 0 Å². The van der Waals surface area contributed by atoms with Crippen molar-refractivity contribution in [3.05, 3.63) is 57.6 Å². The molecule has 0 fully saturated rings. The van der Waals surface area contributed by atoms with Crippen LogP contribution in [0.2, 0.25) is 10.0 Å². The van der Waals surface area contributed by atoms with Crippen LogP contribution in [0.4, 0.5) is 0 Å². The van der Waals surface area contributed by atoms with E-state index in [0.717, 1.165) is 0 Å². The van der Waals surface area contributed by atoms with Gasteiger partial charge < -0.3 is 18.9 Å². The number of nitrogens with zero attached hydrogens (tertiary/aromatic N) is 1. The van der Waals surface area contributed by atoms with Gasteiger partial charge in [-0.1, -0.05) is 29.3 Å². The number of benzene rings is 2. The summed E-state index contributed by atoms with van der Waals surface area (Å²) in [5.41, 5.74) is 0.360. The lowest BCUT2D eigenvalue weighted by Gasteiger charge is -2.11. The van der Waals surface area contributed by atoms with Crippen LogP contribution >= 0.6 is 23.2 Å². The van der Waals surface area contributed by atoms with E-state index in [2.05, 4.69) is 0 Å². The van der Waals surface area contributed by atoms with Gasteiger partial charge in [-0.3, -0.25) is 4.79 Å². The van der Waals surface area contributed by atoms with Crippen LogP contribution in [-0.2, 0) is 14.3 Å². The molecule has 0 bridgehead atoms. The molecule has 0 saturated carbocycles. The third kappa shape index (κ3) is 7.49. The molecule has 0 radical (unpaired) electrons. The Hall–Kier alpha value is -3.21. The number of nitriles is 1. The minimum Gasteiger partial charge on any atom is -0.493 e. The summed E-state index contributed by atoms with van der Waals surface area (Å²) in [6.07, 6.45) is 1.88. The maximum atomic E-state index is 12.2. The van der Waals surface area contributed by atoms with Crippen LogP contribution in [0.5, 0.6) is 17.2 Å². The molecule has 2 aromatic rings. The Morgan fingerprint density at radius 2 is 1.84 bits per heavy atom. The van der Waals surface area contributed by atoms with Gasteiger partial charge in [0.1, 0.15) is 17.4 Å². The fraction of sp³-hybridized carbons (Fsp3) is 0.261. The third-order valence-electron chi connectivity index (χ3n) is 4.02. The molecule has 0 aliphatic rings. The van der Waals surface area contributed by atoms with Gasteiger partial charge in [0.25, 0.3) is 0 Å². The lowest BCUT2D eigenvalue weighted by Crippen LogP contribution is -2.10. The number of esters is 2. The monoisotopic (exact) mass is 477 g/mol. The summed E-state index contributed by atoms with van der Waals surface area (Å²) in [4.78, 5) is 23.9. The van der Waals surface area contributed by atoms with Gasteiger partial charge in [0, 0.05) is 11.4 Å². The number of ether oxygens (including phenoxy) is 4. The Labute approximate surface area is 196 Å². The Morgan fingerprint density at radius 3 is 2.50 bits per heavy atom. The second-order valence-corrected chi connectivity index (χ2v) is 7.15. The molecule has 0 atom stereocenters. The zero-order valence-electron chi connectivity index (χ0n) is 17.5. The van der Waals surface area contributed by atoms with Crippen molar-refractivity contribution >= 4 is 41.2 Å². The molecule has 0 amide bonds. The molecule has 9 heteroatoms. The standard InChI is InChI=1S/C23H21Cl2NO6/c1-3-30-23(28)16(14-26)11-15-6-8-20(21(12-15)29-2)32-22(27)5-4-10-31-19-9-7-17(24)13-18(19)25/h6-9,11-13H,3-5,10H2,1-2H3/b16-11+. The molecule has 0 aromatic heterocycles. The molecule has 7 nitrogen and oxygen atoms in total. The minimum absolute atomic E-state index is 0.109. The van der Waals surface area contributed by atoms with Crippen molar-refractivity contribution in [3.63, 3.8) is 0 Å². The van der Waals surface area contributed by atoms with E-state index in [1.54, 1.807) is 43.3 Å². The lowest BCUT2D eigenvalue weighted by atomic mass is 10.1. The maximum Gasteiger partial charge on any atom is 0.348 e. The van der Waals surface area contributed by atoms with Crippen LogP contribution in [0.3, 0.4) is 0 Å². The Morgan fingerprint density at radius 1 is 1.09 bits per heavy atom. The summed E-state index contributed by atoms with van der Waals surface area (Å²) < 4.78 is 21.0. The first-order valence-corrected chi connectivity index (χ1v) is 10.4. The van der Waals surface area contributed by atoms with Gasteiger partial charge >= 0.3 is 11.9 Å². The van der Waals surface area contributed by atoms with E-state index in [9.17, 15) is 9.59 Å². The average molecular weight is 478 g/mol. The van der Waals surface area contributed by atoms with Crippen molar-refractivity contribution in [1.29, 1.82) is 5.26 Å². The Kier molecular flexibility index (Phi) is 9.86. The van der Waals surface area contributed by atoms with Crippen molar-refractivity contribution in [2.24, 2.45) is 0 Å². The first-order valence-electron chi connectivity index (χ1n) is 9.63. The number of rotatable bonds is 10. The van der Waals surface area contributed by atoms with Gasteiger partial charge in [0.15, 0.2) is 11.5 Å². The zero-order valence-corrected chi connectivity index (χ0v) is 19.0. The van der Waals surface area contributed by atoms with E-state index in [1.807, 2.05) is 0 Å². The highest BCUT2D eigenvalue weighted by molar-refractivity contribution is 6.35. The van der Waals surface area contributed by atoms with E-state index < -0.39 is 11.9 Å². The quantitative estimate of drug-likeness (QED) is 0.152. The number of hydrogen-bond donors (Lipinski definition) is 0. The molecule has 0 aliphatic heterocycles. The summed E-state index contributed by atoms with van der Waals surface area (Å²) in [6, 6.07) is 11.3. The largest absolute Gasteiger partial charge is 0.493 e. The summed E-state index contributed by atoms with van der Waals surface area (Å²) in [7, 11) is 1.42. The molecular weight excluding hydrogens is 457 g/mol. The van der Waals surface area contributed by atoms with Gasteiger partial charge in [0.05, 0.1) is 25.3 Å².